The summed E-state index contributed by atoms with van der Waals surface area (Å²) in [6.07, 6.45) is 0. The normalized spacial score (nSPS) is 18.2. The van der Waals surface area contributed by atoms with Gasteiger partial charge in [0.1, 0.15) is 0 Å². The van der Waals surface area contributed by atoms with Gasteiger partial charge in [-0.3, -0.25) is 0 Å². The van der Waals surface area contributed by atoms with Crippen molar-refractivity contribution in [3.8, 4) is 0 Å². The molecule has 1 radical (unpaired) electrons. The van der Waals surface area contributed by atoms with Crippen molar-refractivity contribution >= 4 is 37.6 Å². The Morgan fingerprint density at radius 3 is 1.92 bits per heavy atom. The summed E-state index contributed by atoms with van der Waals surface area (Å²) in [5, 5.41) is 0. The highest BCUT2D eigenvalue weighted by molar-refractivity contribution is 6.65. The molecule has 0 aliphatic heterocycles. The van der Waals surface area contributed by atoms with Crippen molar-refractivity contribution in [2.75, 3.05) is 7.11 Å². The van der Waals surface area contributed by atoms with Crippen molar-refractivity contribution in [3.05, 3.63) is 0 Å². The summed E-state index contributed by atoms with van der Waals surface area (Å²) in [6.45, 7) is 8.14. The van der Waals surface area contributed by atoms with Crippen LogP contribution in [0.5, 0.6) is 0 Å². The molecule has 0 aromatic carbocycles. The molecule has 13 heavy (non-hydrogen) atoms. The predicted molar refractivity (Wildman–Crippen MR) is 62.3 cm³/mol. The molecule has 3 unspecified atom stereocenters. The van der Waals surface area contributed by atoms with Crippen LogP contribution in [-0.2, 0) is 16.8 Å². The lowest BCUT2D eigenvalue weighted by atomic mass is 11.8. The summed E-state index contributed by atoms with van der Waals surface area (Å²) in [6, 6.07) is 0. The van der Waals surface area contributed by atoms with E-state index in [-0.39, 0.29) is 9.76 Å². The second kappa shape index (κ2) is 8.05. The Bertz CT molecular complexity index is 127. The van der Waals surface area contributed by atoms with Gasteiger partial charge in [0.25, 0.3) is 18.6 Å². The van der Waals surface area contributed by atoms with Crippen LogP contribution < -0.4 is 0 Å². The van der Waals surface area contributed by atoms with Crippen LogP contribution in [0.4, 0.5) is 0 Å². The highest BCUT2D eigenvalue weighted by Crippen LogP contribution is 1.97. The van der Waals surface area contributed by atoms with Gasteiger partial charge in [-0.1, -0.05) is 0 Å². The Labute approximate surface area is 88.0 Å². The third kappa shape index (κ3) is 7.75. The summed E-state index contributed by atoms with van der Waals surface area (Å²) in [4.78, 5) is 0. The van der Waals surface area contributed by atoms with Crippen LogP contribution in [0.1, 0.15) is 0 Å². The third-order valence-corrected chi connectivity index (χ3v) is 10.8. The molecular formula is C5H19O4Si4. The molecule has 3 atom stereocenters. The second-order valence-corrected chi connectivity index (χ2v) is 10.2. The van der Waals surface area contributed by atoms with E-state index < -0.39 is 27.9 Å². The summed E-state index contributed by atoms with van der Waals surface area (Å²) < 4.78 is 21.9. The third-order valence-electron chi connectivity index (χ3n) is 1.43. The van der Waals surface area contributed by atoms with E-state index in [2.05, 4.69) is 6.55 Å². The largest absolute Gasteiger partial charge is 0.441 e. The minimum Gasteiger partial charge on any atom is -0.441 e. The summed E-state index contributed by atoms with van der Waals surface area (Å²) >= 11 is 0. The minimum atomic E-state index is -1.48. The van der Waals surface area contributed by atoms with E-state index in [1.165, 1.54) is 0 Å². The quantitative estimate of drug-likeness (QED) is 0.582. The lowest BCUT2D eigenvalue weighted by Crippen LogP contribution is -2.34. The molecule has 0 aliphatic carbocycles. The zero-order valence-electron chi connectivity index (χ0n) is 8.94. The zero-order valence-corrected chi connectivity index (χ0v) is 13.6. The Morgan fingerprint density at radius 1 is 0.923 bits per heavy atom. The molecule has 0 aliphatic rings. The lowest BCUT2D eigenvalue weighted by Gasteiger charge is -2.20. The van der Waals surface area contributed by atoms with E-state index in [0.29, 0.717) is 0 Å². The van der Waals surface area contributed by atoms with E-state index in [1.807, 2.05) is 19.6 Å². The average molecular weight is 256 g/mol. The molecule has 0 heterocycles. The lowest BCUT2D eigenvalue weighted by molar-refractivity contribution is 0.310. The smallest absolute Gasteiger partial charge is 0.308 e. The van der Waals surface area contributed by atoms with Crippen LogP contribution in [0, 0.1) is 0 Å². The first-order valence-corrected chi connectivity index (χ1v) is 12.3. The Balaban J connectivity index is 3.54. The van der Waals surface area contributed by atoms with E-state index in [9.17, 15) is 0 Å². The zero-order chi connectivity index (χ0) is 10.3. The van der Waals surface area contributed by atoms with Gasteiger partial charge in [0.05, 0.1) is 0 Å². The van der Waals surface area contributed by atoms with Gasteiger partial charge < -0.3 is 16.8 Å². The first-order chi connectivity index (χ1) is 6.10. The monoisotopic (exact) mass is 255 g/mol. The standard InChI is InChI=1S/C5H19O4Si4/c1-6-11(3)8-13(5)9-12(4)7-10-2/h10-13H,1-5H3. The molecule has 0 fully saturated rings. The van der Waals surface area contributed by atoms with Crippen LogP contribution in [0.2, 0.25) is 26.2 Å². The van der Waals surface area contributed by atoms with E-state index in [4.69, 9.17) is 16.8 Å². The van der Waals surface area contributed by atoms with Gasteiger partial charge in [-0.25, -0.2) is 0 Å². The predicted octanol–water partition coefficient (Wildman–Crippen LogP) is -0.367. The minimum absolute atomic E-state index is 0.0961. The van der Waals surface area contributed by atoms with Crippen LogP contribution in [0.15, 0.2) is 0 Å². The molecular weight excluding hydrogens is 236 g/mol. The van der Waals surface area contributed by atoms with Gasteiger partial charge in [-0.2, -0.15) is 0 Å². The fourth-order valence-corrected chi connectivity index (χ4v) is 8.81. The molecule has 0 saturated heterocycles. The Kier molecular flexibility index (Phi) is 8.49. The highest BCUT2D eigenvalue weighted by Gasteiger charge is 2.16. The van der Waals surface area contributed by atoms with Crippen LogP contribution >= 0.6 is 0 Å². The molecule has 0 saturated carbocycles. The van der Waals surface area contributed by atoms with Gasteiger partial charge >= 0.3 is 9.28 Å². The van der Waals surface area contributed by atoms with Crippen molar-refractivity contribution in [2.45, 2.75) is 26.2 Å². The first kappa shape index (κ1) is 13.7. The molecule has 0 bridgehead atoms. The summed E-state index contributed by atoms with van der Waals surface area (Å²) in [5.74, 6) is 0. The topological polar surface area (TPSA) is 36.9 Å². The van der Waals surface area contributed by atoms with Crippen molar-refractivity contribution in [3.63, 3.8) is 0 Å². The average Bonchev–Trinajstić information content (AvgIpc) is 2.04. The van der Waals surface area contributed by atoms with Crippen molar-refractivity contribution in [1.29, 1.82) is 0 Å². The van der Waals surface area contributed by atoms with Crippen LogP contribution in [-0.4, -0.2) is 44.7 Å². The fourth-order valence-electron chi connectivity index (χ4n) is 0.851. The SMILES string of the molecule is CO[SiH](C)O[SiH](C)O[SiH](C)O[SiH]C. The van der Waals surface area contributed by atoms with Crippen LogP contribution in [0.25, 0.3) is 0 Å². The molecule has 0 amide bonds. The molecule has 8 heteroatoms. The molecule has 0 spiro atoms. The van der Waals surface area contributed by atoms with Gasteiger partial charge in [0.15, 0.2) is 9.76 Å². The van der Waals surface area contributed by atoms with Crippen molar-refractivity contribution in [2.24, 2.45) is 0 Å². The molecule has 0 aromatic heterocycles. The maximum atomic E-state index is 5.67. The van der Waals surface area contributed by atoms with E-state index in [0.717, 1.165) is 0 Å². The van der Waals surface area contributed by atoms with E-state index >= 15 is 0 Å². The van der Waals surface area contributed by atoms with Gasteiger partial charge in [-0.15, -0.1) is 0 Å². The first-order valence-electron chi connectivity index (χ1n) is 4.37. The second-order valence-electron chi connectivity index (χ2n) is 2.58. The molecule has 79 valence electrons. The number of rotatable bonds is 7. The highest BCUT2D eigenvalue weighted by atomic mass is 28.4. The summed E-state index contributed by atoms with van der Waals surface area (Å²) in [7, 11) is -2.50. The van der Waals surface area contributed by atoms with Gasteiger partial charge in [-0.05, 0) is 26.2 Å². The van der Waals surface area contributed by atoms with Crippen molar-refractivity contribution < 1.29 is 16.8 Å². The number of hydrogen-bond acceptors (Lipinski definition) is 4. The Hall–Kier alpha value is 0.708. The summed E-state index contributed by atoms with van der Waals surface area (Å²) in [5.41, 5.74) is 0. The molecule has 0 rings (SSSR count). The maximum Gasteiger partial charge on any atom is 0.308 e. The number of hydrogen-bond donors (Lipinski definition) is 0. The van der Waals surface area contributed by atoms with Crippen molar-refractivity contribution in [1.82, 2.24) is 0 Å². The van der Waals surface area contributed by atoms with E-state index in [1.54, 1.807) is 7.11 Å². The molecule has 0 aromatic rings. The van der Waals surface area contributed by atoms with Gasteiger partial charge in [0.2, 0.25) is 0 Å². The maximum absolute atomic E-state index is 5.67. The molecule has 4 nitrogen and oxygen atoms in total. The molecule has 0 N–H and O–H groups in total. The van der Waals surface area contributed by atoms with Crippen LogP contribution in [0.3, 0.4) is 0 Å². The van der Waals surface area contributed by atoms with Gasteiger partial charge in [0, 0.05) is 7.11 Å². The fraction of sp³-hybridized carbons (Fsp3) is 1.00. The Morgan fingerprint density at radius 2 is 1.46 bits per heavy atom.